The van der Waals surface area contributed by atoms with Crippen LogP contribution in [0.15, 0.2) is 18.2 Å². The topological polar surface area (TPSA) is 23.8 Å². The zero-order chi connectivity index (χ0) is 10.8. The third kappa shape index (κ3) is 1.87. The monoisotopic (exact) mass is 227 g/mol. The lowest BCUT2D eigenvalue weighted by Crippen LogP contribution is -2.19. The van der Waals surface area contributed by atoms with Crippen molar-refractivity contribution in [3.8, 4) is 6.07 Å². The lowest BCUT2D eigenvalue weighted by atomic mass is 9.81. The number of nitriles is 1. The molecule has 0 amide bonds. The highest BCUT2D eigenvalue weighted by molar-refractivity contribution is 6.36. The molecule has 0 bridgehead atoms. The molecule has 1 atom stereocenters. The fourth-order valence-electron chi connectivity index (χ4n) is 1.34. The van der Waals surface area contributed by atoms with Gasteiger partial charge in [-0.05, 0) is 25.5 Å². The van der Waals surface area contributed by atoms with Crippen molar-refractivity contribution < 1.29 is 0 Å². The maximum absolute atomic E-state index is 9.12. The Balaban J connectivity index is 3.39. The first kappa shape index (κ1) is 11.4. The molecule has 0 spiro atoms. The quantitative estimate of drug-likeness (QED) is 0.744. The van der Waals surface area contributed by atoms with Crippen LogP contribution in [0.1, 0.15) is 25.8 Å². The Morgan fingerprint density at radius 1 is 1.36 bits per heavy atom. The van der Waals surface area contributed by atoms with Gasteiger partial charge in [0.2, 0.25) is 0 Å². The van der Waals surface area contributed by atoms with Gasteiger partial charge < -0.3 is 0 Å². The lowest BCUT2D eigenvalue weighted by molar-refractivity contribution is 0.588. The van der Waals surface area contributed by atoms with Gasteiger partial charge in [0.15, 0.2) is 0 Å². The first-order chi connectivity index (χ1) is 6.55. The molecule has 0 N–H and O–H groups in total. The molecule has 1 aromatic rings. The van der Waals surface area contributed by atoms with Crippen LogP contribution in [0.3, 0.4) is 0 Å². The van der Waals surface area contributed by atoms with E-state index in [2.05, 4.69) is 6.07 Å². The molecule has 1 unspecified atom stereocenters. The second kappa shape index (κ2) is 4.21. The van der Waals surface area contributed by atoms with E-state index in [1.54, 1.807) is 18.2 Å². The summed E-state index contributed by atoms with van der Waals surface area (Å²) in [6.07, 6.45) is 0.687. The molecule has 14 heavy (non-hydrogen) atoms. The van der Waals surface area contributed by atoms with E-state index in [-0.39, 0.29) is 0 Å². The molecule has 0 saturated heterocycles. The maximum atomic E-state index is 9.12. The van der Waals surface area contributed by atoms with Crippen molar-refractivity contribution >= 4 is 23.2 Å². The van der Waals surface area contributed by atoms with Crippen molar-refractivity contribution in [1.29, 1.82) is 5.26 Å². The molecule has 0 fully saturated rings. The van der Waals surface area contributed by atoms with E-state index in [1.165, 1.54) is 0 Å². The molecular weight excluding hydrogens is 217 g/mol. The van der Waals surface area contributed by atoms with Crippen LogP contribution in [0, 0.1) is 11.3 Å². The molecule has 0 radical (unpaired) electrons. The Bertz CT molecular complexity index is 361. The second-order valence-electron chi connectivity index (χ2n) is 3.39. The van der Waals surface area contributed by atoms with Crippen LogP contribution in [-0.4, -0.2) is 0 Å². The predicted molar refractivity (Wildman–Crippen MR) is 59.7 cm³/mol. The average molecular weight is 228 g/mol. The molecule has 1 aromatic carbocycles. The number of nitrogens with zero attached hydrogens (tertiary/aromatic N) is 1. The van der Waals surface area contributed by atoms with E-state index < -0.39 is 5.41 Å². The second-order valence-corrected chi connectivity index (χ2v) is 4.21. The zero-order valence-electron chi connectivity index (χ0n) is 8.14. The van der Waals surface area contributed by atoms with Gasteiger partial charge in [-0.3, -0.25) is 0 Å². The van der Waals surface area contributed by atoms with Crippen molar-refractivity contribution in [3.05, 3.63) is 33.8 Å². The summed E-state index contributed by atoms with van der Waals surface area (Å²) in [7, 11) is 0. The Morgan fingerprint density at radius 3 is 2.21 bits per heavy atom. The Labute approximate surface area is 94.3 Å². The van der Waals surface area contributed by atoms with E-state index in [4.69, 9.17) is 28.5 Å². The van der Waals surface area contributed by atoms with Gasteiger partial charge in [-0.1, -0.05) is 36.2 Å². The van der Waals surface area contributed by atoms with Crippen LogP contribution in [0.5, 0.6) is 0 Å². The van der Waals surface area contributed by atoms with Crippen LogP contribution in [-0.2, 0) is 5.41 Å². The molecule has 1 nitrogen and oxygen atoms in total. The van der Waals surface area contributed by atoms with E-state index in [0.29, 0.717) is 16.5 Å². The normalized spacial score (nSPS) is 14.5. The van der Waals surface area contributed by atoms with Gasteiger partial charge in [-0.15, -0.1) is 0 Å². The van der Waals surface area contributed by atoms with E-state index >= 15 is 0 Å². The number of benzene rings is 1. The summed E-state index contributed by atoms with van der Waals surface area (Å²) < 4.78 is 0. The van der Waals surface area contributed by atoms with Gasteiger partial charge in [0.05, 0.1) is 11.5 Å². The van der Waals surface area contributed by atoms with Gasteiger partial charge >= 0.3 is 0 Å². The van der Waals surface area contributed by atoms with Crippen LogP contribution in [0.4, 0.5) is 0 Å². The third-order valence-electron chi connectivity index (χ3n) is 2.47. The van der Waals surface area contributed by atoms with Gasteiger partial charge in [0, 0.05) is 15.6 Å². The highest BCUT2D eigenvalue weighted by Gasteiger charge is 2.28. The van der Waals surface area contributed by atoms with Gasteiger partial charge in [0.1, 0.15) is 0 Å². The zero-order valence-corrected chi connectivity index (χ0v) is 9.65. The molecule has 0 aromatic heterocycles. The standard InChI is InChI=1S/C11H11Cl2N/c1-3-11(2,7-14)10-8(12)5-4-6-9(10)13/h4-6H,3H2,1-2H3. The van der Waals surface area contributed by atoms with Crippen molar-refractivity contribution in [2.45, 2.75) is 25.7 Å². The predicted octanol–water partition coefficient (Wildman–Crippen LogP) is 4.18. The van der Waals surface area contributed by atoms with Crippen molar-refractivity contribution in [2.75, 3.05) is 0 Å². The number of rotatable bonds is 2. The number of hydrogen-bond donors (Lipinski definition) is 0. The smallest absolute Gasteiger partial charge is 0.0820 e. The molecule has 0 aliphatic heterocycles. The van der Waals surface area contributed by atoms with E-state index in [9.17, 15) is 0 Å². The molecule has 0 aliphatic carbocycles. The molecule has 3 heteroatoms. The first-order valence-electron chi connectivity index (χ1n) is 4.41. The van der Waals surface area contributed by atoms with Gasteiger partial charge in [-0.25, -0.2) is 0 Å². The molecule has 0 heterocycles. The van der Waals surface area contributed by atoms with Crippen molar-refractivity contribution in [2.24, 2.45) is 0 Å². The van der Waals surface area contributed by atoms with Crippen LogP contribution in [0.25, 0.3) is 0 Å². The molecule has 0 aliphatic rings. The number of hydrogen-bond acceptors (Lipinski definition) is 1. The molecule has 0 saturated carbocycles. The first-order valence-corrected chi connectivity index (χ1v) is 5.16. The fourth-order valence-corrected chi connectivity index (χ4v) is 2.15. The molecule has 74 valence electrons. The van der Waals surface area contributed by atoms with Crippen molar-refractivity contribution in [3.63, 3.8) is 0 Å². The minimum atomic E-state index is -0.602. The fraction of sp³-hybridized carbons (Fsp3) is 0.364. The SMILES string of the molecule is CCC(C)(C#N)c1c(Cl)cccc1Cl. The van der Waals surface area contributed by atoms with E-state index in [1.807, 2.05) is 13.8 Å². The van der Waals surface area contributed by atoms with Crippen molar-refractivity contribution in [1.82, 2.24) is 0 Å². The van der Waals surface area contributed by atoms with Crippen LogP contribution < -0.4 is 0 Å². The Morgan fingerprint density at radius 2 is 1.86 bits per heavy atom. The van der Waals surface area contributed by atoms with Crippen LogP contribution >= 0.6 is 23.2 Å². The van der Waals surface area contributed by atoms with Crippen LogP contribution in [0.2, 0.25) is 10.0 Å². The summed E-state index contributed by atoms with van der Waals surface area (Å²) in [5.74, 6) is 0. The molecular formula is C11H11Cl2N. The summed E-state index contributed by atoms with van der Waals surface area (Å²) in [6.45, 7) is 3.79. The summed E-state index contributed by atoms with van der Waals surface area (Å²) in [5.41, 5.74) is 0.128. The minimum absolute atomic E-state index is 0.559. The highest BCUT2D eigenvalue weighted by Crippen LogP contribution is 2.37. The Kier molecular flexibility index (Phi) is 3.42. The summed E-state index contributed by atoms with van der Waals surface area (Å²) in [4.78, 5) is 0. The lowest BCUT2D eigenvalue weighted by Gasteiger charge is -2.22. The largest absolute Gasteiger partial charge is 0.197 e. The average Bonchev–Trinajstić information content (AvgIpc) is 2.17. The third-order valence-corrected chi connectivity index (χ3v) is 3.10. The summed E-state index contributed by atoms with van der Waals surface area (Å²) in [5, 5.41) is 10.2. The number of halogens is 2. The minimum Gasteiger partial charge on any atom is -0.197 e. The van der Waals surface area contributed by atoms with E-state index in [0.717, 1.165) is 5.56 Å². The van der Waals surface area contributed by atoms with Gasteiger partial charge in [-0.2, -0.15) is 5.26 Å². The Hall–Kier alpha value is -0.710. The van der Waals surface area contributed by atoms with Gasteiger partial charge in [0.25, 0.3) is 0 Å². The highest BCUT2D eigenvalue weighted by atomic mass is 35.5. The molecule has 1 rings (SSSR count). The summed E-state index contributed by atoms with van der Waals surface area (Å²) >= 11 is 12.1. The summed E-state index contributed by atoms with van der Waals surface area (Å²) in [6, 6.07) is 7.55. The maximum Gasteiger partial charge on any atom is 0.0820 e.